The number of nitrogens with one attached hydrogen (secondary N) is 2. The van der Waals surface area contributed by atoms with Gasteiger partial charge < -0.3 is 30.1 Å². The van der Waals surface area contributed by atoms with Crippen molar-refractivity contribution in [3.05, 3.63) is 52.7 Å². The molecule has 4 heterocycles. The van der Waals surface area contributed by atoms with E-state index >= 15 is 0 Å². The zero-order chi connectivity index (χ0) is 25.1. The highest BCUT2D eigenvalue weighted by atomic mass is 16.5. The summed E-state index contributed by atoms with van der Waals surface area (Å²) >= 11 is 0. The Hall–Kier alpha value is -3.17. The second kappa shape index (κ2) is 10.8. The van der Waals surface area contributed by atoms with Gasteiger partial charge in [0.25, 0.3) is 11.8 Å². The van der Waals surface area contributed by atoms with Crippen LogP contribution in [0.15, 0.2) is 30.5 Å². The summed E-state index contributed by atoms with van der Waals surface area (Å²) in [7, 11) is 0. The van der Waals surface area contributed by atoms with Gasteiger partial charge in [0, 0.05) is 81.9 Å². The molecule has 1 aromatic heterocycles. The predicted molar refractivity (Wildman–Crippen MR) is 139 cm³/mol. The Bertz CT molecular complexity index is 1100. The van der Waals surface area contributed by atoms with Crippen molar-refractivity contribution in [2.24, 2.45) is 0 Å². The molecule has 0 radical (unpaired) electrons. The van der Waals surface area contributed by atoms with Crippen LogP contribution in [0.5, 0.6) is 5.88 Å². The first-order valence-electron chi connectivity index (χ1n) is 13.0. The summed E-state index contributed by atoms with van der Waals surface area (Å²) in [5, 5.41) is 6.65. The number of ether oxygens (including phenoxy) is 1. The van der Waals surface area contributed by atoms with Crippen LogP contribution in [-0.2, 0) is 0 Å². The van der Waals surface area contributed by atoms with E-state index in [1.807, 2.05) is 41.8 Å². The van der Waals surface area contributed by atoms with Crippen LogP contribution in [0.25, 0.3) is 0 Å². The molecule has 2 amide bonds. The molecule has 9 heteroatoms. The summed E-state index contributed by atoms with van der Waals surface area (Å²) in [6.07, 6.45) is 2.70. The molecule has 2 N–H and O–H groups in total. The monoisotopic (exact) mass is 492 g/mol. The zero-order valence-corrected chi connectivity index (χ0v) is 21.3. The molecule has 3 saturated heterocycles. The number of aromatic nitrogens is 1. The third-order valence-electron chi connectivity index (χ3n) is 7.22. The minimum absolute atomic E-state index is 0.0302. The standard InChI is InChI=1S/C27H36N6O3/c1-19-13-21(16-23(14-19)31-7-5-28-6-8-31)26(34)32-9-11-33(12-10-32)27(35)22-15-20(2)25(30-17-22)36-24-3-4-29-18-24/h13-17,24,28-29H,3-12,18H2,1-2H3/t24-/m0/s1. The third-order valence-corrected chi connectivity index (χ3v) is 7.22. The number of carbonyl (C=O) groups is 2. The molecular weight excluding hydrogens is 456 g/mol. The molecule has 3 fully saturated rings. The van der Waals surface area contributed by atoms with Crippen LogP contribution in [-0.4, -0.2) is 98.1 Å². The SMILES string of the molecule is Cc1cc(C(=O)N2CCN(C(=O)c3cnc(O[C@H]4CCNC4)c(C)c3)CC2)cc(N2CCNCC2)c1. The van der Waals surface area contributed by atoms with Gasteiger partial charge in [-0.25, -0.2) is 4.98 Å². The van der Waals surface area contributed by atoms with E-state index in [1.165, 1.54) is 0 Å². The topological polar surface area (TPSA) is 90.0 Å². The summed E-state index contributed by atoms with van der Waals surface area (Å²) in [6.45, 7) is 11.6. The number of benzene rings is 1. The van der Waals surface area contributed by atoms with E-state index in [4.69, 9.17) is 4.74 Å². The number of rotatable bonds is 5. The fraction of sp³-hybridized carbons (Fsp3) is 0.519. The van der Waals surface area contributed by atoms with Gasteiger partial charge in [0.15, 0.2) is 0 Å². The van der Waals surface area contributed by atoms with E-state index in [2.05, 4.69) is 26.6 Å². The number of pyridine rings is 1. The van der Waals surface area contributed by atoms with Crippen LogP contribution in [0, 0.1) is 13.8 Å². The number of hydrogen-bond donors (Lipinski definition) is 2. The normalized spacial score (nSPS) is 20.5. The Morgan fingerprint density at radius 1 is 0.861 bits per heavy atom. The molecule has 2 aromatic rings. The molecule has 5 rings (SSSR count). The van der Waals surface area contributed by atoms with Gasteiger partial charge in [-0.2, -0.15) is 0 Å². The van der Waals surface area contributed by atoms with Gasteiger partial charge in [-0.3, -0.25) is 9.59 Å². The van der Waals surface area contributed by atoms with Crippen LogP contribution in [0.2, 0.25) is 0 Å². The number of hydrogen-bond acceptors (Lipinski definition) is 7. The fourth-order valence-corrected chi connectivity index (χ4v) is 5.16. The Morgan fingerprint density at radius 2 is 1.56 bits per heavy atom. The highest BCUT2D eigenvalue weighted by molar-refractivity contribution is 5.96. The van der Waals surface area contributed by atoms with Crippen molar-refractivity contribution in [3.63, 3.8) is 0 Å². The predicted octanol–water partition coefficient (Wildman–Crippen LogP) is 1.45. The van der Waals surface area contributed by atoms with E-state index in [0.717, 1.165) is 68.1 Å². The largest absolute Gasteiger partial charge is 0.473 e. The zero-order valence-electron chi connectivity index (χ0n) is 21.3. The van der Waals surface area contributed by atoms with E-state index in [-0.39, 0.29) is 17.9 Å². The molecule has 1 aromatic carbocycles. The van der Waals surface area contributed by atoms with E-state index in [0.29, 0.717) is 37.6 Å². The number of aryl methyl sites for hydroxylation is 2. The fourth-order valence-electron chi connectivity index (χ4n) is 5.16. The number of anilines is 1. The molecule has 0 unspecified atom stereocenters. The van der Waals surface area contributed by atoms with Crippen LogP contribution in [0.4, 0.5) is 5.69 Å². The smallest absolute Gasteiger partial charge is 0.255 e. The first-order valence-corrected chi connectivity index (χ1v) is 13.0. The van der Waals surface area contributed by atoms with E-state index < -0.39 is 0 Å². The molecule has 9 nitrogen and oxygen atoms in total. The lowest BCUT2D eigenvalue weighted by Gasteiger charge is -2.35. The summed E-state index contributed by atoms with van der Waals surface area (Å²) < 4.78 is 5.98. The molecule has 0 bridgehead atoms. The Balaban J connectivity index is 1.19. The molecule has 3 aliphatic heterocycles. The summed E-state index contributed by atoms with van der Waals surface area (Å²) in [4.78, 5) is 36.9. The minimum Gasteiger partial charge on any atom is -0.473 e. The first kappa shape index (κ1) is 24.5. The van der Waals surface area contributed by atoms with Crippen molar-refractivity contribution >= 4 is 17.5 Å². The molecule has 1 atom stereocenters. The average Bonchev–Trinajstić information content (AvgIpc) is 3.42. The van der Waals surface area contributed by atoms with Crippen molar-refractivity contribution in [2.45, 2.75) is 26.4 Å². The first-order chi connectivity index (χ1) is 17.5. The van der Waals surface area contributed by atoms with E-state index in [1.54, 1.807) is 6.20 Å². The van der Waals surface area contributed by atoms with Crippen molar-refractivity contribution in [1.82, 2.24) is 25.4 Å². The van der Waals surface area contributed by atoms with E-state index in [9.17, 15) is 9.59 Å². The average molecular weight is 493 g/mol. The minimum atomic E-state index is -0.0525. The second-order valence-electron chi connectivity index (χ2n) is 9.96. The molecule has 0 spiro atoms. The van der Waals surface area contributed by atoms with Gasteiger partial charge in [0.05, 0.1) is 5.56 Å². The van der Waals surface area contributed by atoms with Gasteiger partial charge >= 0.3 is 0 Å². The Kier molecular flexibility index (Phi) is 7.38. The Labute approximate surface area is 212 Å². The van der Waals surface area contributed by atoms with Gasteiger partial charge in [-0.1, -0.05) is 0 Å². The highest BCUT2D eigenvalue weighted by Gasteiger charge is 2.27. The molecule has 192 valence electrons. The van der Waals surface area contributed by atoms with Gasteiger partial charge in [-0.05, 0) is 56.6 Å². The highest BCUT2D eigenvalue weighted by Crippen LogP contribution is 2.23. The molecular formula is C27H36N6O3. The van der Waals surface area contributed by atoms with Crippen LogP contribution < -0.4 is 20.3 Å². The second-order valence-corrected chi connectivity index (χ2v) is 9.96. The number of carbonyl (C=O) groups excluding carboxylic acids is 2. The lowest BCUT2D eigenvalue weighted by atomic mass is 10.1. The quantitative estimate of drug-likeness (QED) is 0.653. The summed E-state index contributed by atoms with van der Waals surface area (Å²) in [6, 6.07) is 7.98. The molecule has 3 aliphatic rings. The van der Waals surface area contributed by atoms with Crippen molar-refractivity contribution in [1.29, 1.82) is 0 Å². The Morgan fingerprint density at radius 3 is 2.19 bits per heavy atom. The molecule has 0 aliphatic carbocycles. The number of piperazine rings is 2. The summed E-state index contributed by atoms with van der Waals surface area (Å²) in [5.41, 5.74) is 4.33. The lowest BCUT2D eigenvalue weighted by molar-refractivity contribution is 0.0535. The maximum atomic E-state index is 13.3. The van der Waals surface area contributed by atoms with Crippen molar-refractivity contribution < 1.29 is 14.3 Å². The molecule has 36 heavy (non-hydrogen) atoms. The van der Waals surface area contributed by atoms with Crippen LogP contribution in [0.3, 0.4) is 0 Å². The maximum absolute atomic E-state index is 13.3. The van der Waals surface area contributed by atoms with Gasteiger partial charge in [0.2, 0.25) is 5.88 Å². The van der Waals surface area contributed by atoms with Gasteiger partial charge in [-0.15, -0.1) is 0 Å². The van der Waals surface area contributed by atoms with Crippen LogP contribution >= 0.6 is 0 Å². The van der Waals surface area contributed by atoms with Gasteiger partial charge in [0.1, 0.15) is 6.10 Å². The lowest BCUT2D eigenvalue weighted by Crippen LogP contribution is -2.50. The van der Waals surface area contributed by atoms with Crippen molar-refractivity contribution in [2.75, 3.05) is 70.3 Å². The number of amides is 2. The summed E-state index contributed by atoms with van der Waals surface area (Å²) in [5.74, 6) is 0.569. The number of nitrogens with zero attached hydrogens (tertiary/aromatic N) is 4. The third kappa shape index (κ3) is 5.47. The maximum Gasteiger partial charge on any atom is 0.255 e. The van der Waals surface area contributed by atoms with Crippen LogP contribution in [0.1, 0.15) is 38.3 Å². The molecule has 0 saturated carbocycles. The van der Waals surface area contributed by atoms with Crippen molar-refractivity contribution in [3.8, 4) is 5.88 Å².